The topological polar surface area (TPSA) is 104 Å². The maximum atomic E-state index is 14.1. The second-order valence-corrected chi connectivity index (χ2v) is 10.6. The highest BCUT2D eigenvalue weighted by molar-refractivity contribution is 6.10. The number of hydrogen-bond acceptors (Lipinski definition) is 8. The maximum Gasteiger partial charge on any atom is 0.254 e. The molecule has 3 aromatic carbocycles. The summed E-state index contributed by atoms with van der Waals surface area (Å²) in [5, 5.41) is 6.45. The molecule has 0 bridgehead atoms. The molecule has 9 nitrogen and oxygen atoms in total. The highest BCUT2D eigenvalue weighted by atomic mass is 16.5. The van der Waals surface area contributed by atoms with Gasteiger partial charge in [0, 0.05) is 34.9 Å². The zero-order valence-electron chi connectivity index (χ0n) is 25.9. The first-order valence-corrected chi connectivity index (χ1v) is 14.5. The van der Waals surface area contributed by atoms with Crippen LogP contribution in [0.15, 0.2) is 83.2 Å². The Kier molecular flexibility index (Phi) is 9.13. The van der Waals surface area contributed by atoms with Gasteiger partial charge in [-0.1, -0.05) is 24.3 Å². The molecule has 2 aliphatic rings. The minimum atomic E-state index is -0.635. The van der Waals surface area contributed by atoms with Gasteiger partial charge in [0.15, 0.2) is 28.8 Å². The van der Waals surface area contributed by atoms with Gasteiger partial charge in [0.2, 0.25) is 0 Å². The molecular weight excluding hydrogens is 560 g/mol. The number of carbonyl (C=O) groups is 2. The molecule has 0 radical (unpaired) electrons. The summed E-state index contributed by atoms with van der Waals surface area (Å²) in [5.74, 6) is 1.80. The molecule has 2 atom stereocenters. The van der Waals surface area contributed by atoms with E-state index < -0.39 is 5.92 Å². The number of rotatable bonds is 10. The lowest BCUT2D eigenvalue weighted by atomic mass is 9.71. The lowest BCUT2D eigenvalue weighted by Gasteiger charge is -2.37. The quantitative estimate of drug-likeness (QED) is 0.288. The van der Waals surface area contributed by atoms with Gasteiger partial charge in [-0.25, -0.2) is 0 Å². The molecule has 230 valence electrons. The number of nitrogens with one attached hydrogen (secondary N) is 2. The summed E-state index contributed by atoms with van der Waals surface area (Å²) in [7, 11) is 6.32. The van der Waals surface area contributed by atoms with Crippen molar-refractivity contribution >= 4 is 17.4 Å². The van der Waals surface area contributed by atoms with Crippen molar-refractivity contribution in [2.45, 2.75) is 38.5 Å². The lowest BCUT2D eigenvalue weighted by Crippen LogP contribution is -2.37. The standard InChI is InChI=1S/C35H38N2O7/c1-7-44-29-15-13-22(19-31(29)43-6)33-32(35(39)37-24-10-8-9-11-27(24)40-3)20(2)36-25-16-23(17-26(38)34(25)33)21-12-14-28(41-4)30(18-21)42-5/h8-15,18-19,23,33,36H,7,16-17H2,1-6H3,(H,37,39)/t23-,33-/m1/s1. The van der Waals surface area contributed by atoms with Gasteiger partial charge in [0.05, 0.1) is 40.7 Å². The Labute approximate surface area is 257 Å². The van der Waals surface area contributed by atoms with Crippen molar-refractivity contribution in [2.24, 2.45) is 0 Å². The summed E-state index contributed by atoms with van der Waals surface area (Å²) >= 11 is 0. The highest BCUT2D eigenvalue weighted by Crippen LogP contribution is 2.47. The van der Waals surface area contributed by atoms with Gasteiger partial charge in [0.25, 0.3) is 5.91 Å². The van der Waals surface area contributed by atoms with E-state index in [4.69, 9.17) is 23.7 Å². The molecule has 0 aromatic heterocycles. The number of anilines is 1. The van der Waals surface area contributed by atoms with Gasteiger partial charge in [-0.15, -0.1) is 0 Å². The van der Waals surface area contributed by atoms with Crippen molar-refractivity contribution in [1.29, 1.82) is 0 Å². The smallest absolute Gasteiger partial charge is 0.254 e. The van der Waals surface area contributed by atoms with Crippen molar-refractivity contribution in [3.63, 3.8) is 0 Å². The number of amides is 1. The molecule has 5 rings (SSSR count). The van der Waals surface area contributed by atoms with Crippen LogP contribution in [0.4, 0.5) is 5.69 Å². The van der Waals surface area contributed by atoms with E-state index in [0.29, 0.717) is 64.3 Å². The molecule has 0 unspecified atom stereocenters. The Balaban J connectivity index is 1.59. The van der Waals surface area contributed by atoms with E-state index >= 15 is 0 Å². The zero-order chi connectivity index (χ0) is 31.4. The number of dihydropyridines is 1. The second-order valence-electron chi connectivity index (χ2n) is 10.6. The number of methoxy groups -OCH3 is 4. The van der Waals surface area contributed by atoms with Gasteiger partial charge >= 0.3 is 0 Å². The van der Waals surface area contributed by atoms with Crippen LogP contribution in [0.25, 0.3) is 0 Å². The second kappa shape index (κ2) is 13.2. The molecule has 0 saturated heterocycles. The van der Waals surface area contributed by atoms with Crippen LogP contribution < -0.4 is 34.3 Å². The summed E-state index contributed by atoms with van der Waals surface area (Å²) in [6.45, 7) is 4.24. The summed E-state index contributed by atoms with van der Waals surface area (Å²) in [6.07, 6.45) is 0.862. The van der Waals surface area contributed by atoms with E-state index in [2.05, 4.69) is 10.6 Å². The van der Waals surface area contributed by atoms with Crippen LogP contribution in [0.5, 0.6) is 28.7 Å². The first-order chi connectivity index (χ1) is 21.3. The third-order valence-corrected chi connectivity index (χ3v) is 8.13. The summed E-state index contributed by atoms with van der Waals surface area (Å²) in [6, 6.07) is 18.5. The molecule has 0 saturated carbocycles. The number of allylic oxidation sites excluding steroid dienone is 3. The average Bonchev–Trinajstić information content (AvgIpc) is 3.04. The minimum Gasteiger partial charge on any atom is -0.495 e. The number of carbonyl (C=O) groups excluding carboxylic acids is 2. The number of benzene rings is 3. The van der Waals surface area contributed by atoms with E-state index in [-0.39, 0.29) is 24.0 Å². The Morgan fingerprint density at radius 2 is 1.45 bits per heavy atom. The predicted octanol–water partition coefficient (Wildman–Crippen LogP) is 6.12. The molecule has 1 aliphatic heterocycles. The fraction of sp³-hybridized carbons (Fsp3) is 0.314. The van der Waals surface area contributed by atoms with Crippen molar-refractivity contribution in [3.8, 4) is 28.7 Å². The molecule has 0 fully saturated rings. The third-order valence-electron chi connectivity index (χ3n) is 8.13. The first-order valence-electron chi connectivity index (χ1n) is 14.5. The Bertz CT molecular complexity index is 1640. The van der Waals surface area contributed by atoms with Crippen LogP contribution in [-0.2, 0) is 9.59 Å². The average molecular weight is 599 g/mol. The molecule has 1 amide bonds. The monoisotopic (exact) mass is 598 g/mol. The van der Waals surface area contributed by atoms with Gasteiger partial charge in [-0.3, -0.25) is 9.59 Å². The molecule has 1 heterocycles. The van der Waals surface area contributed by atoms with Crippen LogP contribution in [0, 0.1) is 0 Å². The van der Waals surface area contributed by atoms with E-state index in [9.17, 15) is 9.59 Å². The molecule has 0 spiro atoms. The van der Waals surface area contributed by atoms with Gasteiger partial charge in [0.1, 0.15) is 5.75 Å². The SMILES string of the molecule is CCOc1ccc([C@@H]2C(C(=O)Nc3ccccc3OC)=C(C)NC3=C2C(=O)C[C@H](c2ccc(OC)c(OC)c2)C3)cc1OC. The third kappa shape index (κ3) is 5.82. The van der Waals surface area contributed by atoms with Crippen LogP contribution >= 0.6 is 0 Å². The van der Waals surface area contributed by atoms with Crippen molar-refractivity contribution < 1.29 is 33.3 Å². The van der Waals surface area contributed by atoms with E-state index in [1.807, 2.05) is 62.4 Å². The number of ether oxygens (including phenoxy) is 5. The summed E-state index contributed by atoms with van der Waals surface area (Å²) in [4.78, 5) is 28.2. The molecule has 2 N–H and O–H groups in total. The highest BCUT2D eigenvalue weighted by Gasteiger charge is 2.41. The zero-order valence-corrected chi connectivity index (χ0v) is 25.9. The van der Waals surface area contributed by atoms with Gasteiger partial charge < -0.3 is 34.3 Å². The fourth-order valence-electron chi connectivity index (χ4n) is 6.09. The molecule has 9 heteroatoms. The Morgan fingerprint density at radius 1 is 0.818 bits per heavy atom. The van der Waals surface area contributed by atoms with E-state index in [1.165, 1.54) is 0 Å². The van der Waals surface area contributed by atoms with Crippen LogP contribution in [-0.4, -0.2) is 46.7 Å². The largest absolute Gasteiger partial charge is 0.495 e. The van der Waals surface area contributed by atoms with Crippen LogP contribution in [0.2, 0.25) is 0 Å². The minimum absolute atomic E-state index is 0.0357. The van der Waals surface area contributed by atoms with Crippen molar-refractivity contribution in [3.05, 3.63) is 94.3 Å². The number of Topliss-reactive ketones (excluding diaryl/α,β-unsaturated/α-hetero) is 1. The van der Waals surface area contributed by atoms with Crippen molar-refractivity contribution in [1.82, 2.24) is 5.32 Å². The molecule has 3 aromatic rings. The Morgan fingerprint density at radius 3 is 2.16 bits per heavy atom. The number of para-hydroxylation sites is 2. The van der Waals surface area contributed by atoms with E-state index in [0.717, 1.165) is 16.8 Å². The molecule has 1 aliphatic carbocycles. The van der Waals surface area contributed by atoms with Crippen LogP contribution in [0.1, 0.15) is 49.7 Å². The summed E-state index contributed by atoms with van der Waals surface area (Å²) < 4.78 is 27.8. The molecule has 44 heavy (non-hydrogen) atoms. The van der Waals surface area contributed by atoms with Crippen molar-refractivity contribution in [2.75, 3.05) is 40.4 Å². The maximum absolute atomic E-state index is 14.1. The lowest BCUT2D eigenvalue weighted by molar-refractivity contribution is -0.116. The molecular formula is C35H38N2O7. The normalized spacial score (nSPS) is 17.8. The van der Waals surface area contributed by atoms with E-state index in [1.54, 1.807) is 40.6 Å². The summed E-state index contributed by atoms with van der Waals surface area (Å²) in [5.41, 5.74) is 4.74. The number of ketones is 1. The predicted molar refractivity (Wildman–Crippen MR) is 168 cm³/mol. The number of hydrogen-bond donors (Lipinski definition) is 2. The fourth-order valence-corrected chi connectivity index (χ4v) is 6.09. The Hall–Kier alpha value is -4.92. The van der Waals surface area contributed by atoms with Gasteiger partial charge in [-0.2, -0.15) is 0 Å². The van der Waals surface area contributed by atoms with Gasteiger partial charge in [-0.05, 0) is 73.7 Å². The van der Waals surface area contributed by atoms with Crippen LogP contribution in [0.3, 0.4) is 0 Å². The first kappa shape index (κ1) is 30.5.